The van der Waals surface area contributed by atoms with Gasteiger partial charge in [0.15, 0.2) is 0 Å². The van der Waals surface area contributed by atoms with E-state index in [1.165, 1.54) is 0 Å². The number of hydrogen-bond acceptors (Lipinski definition) is 2. The number of carbonyl (C=O) groups is 1. The van der Waals surface area contributed by atoms with Crippen LogP contribution in [0.2, 0.25) is 0 Å². The first-order valence-electron chi connectivity index (χ1n) is 6.93. The van der Waals surface area contributed by atoms with E-state index in [1.807, 2.05) is 31.2 Å². The van der Waals surface area contributed by atoms with Crippen molar-refractivity contribution < 1.29 is 9.90 Å². The Morgan fingerprint density at radius 3 is 2.79 bits per heavy atom. The second-order valence-electron chi connectivity index (χ2n) is 4.77. The van der Waals surface area contributed by atoms with Crippen molar-refractivity contribution in [2.45, 2.75) is 45.6 Å². The van der Waals surface area contributed by atoms with Gasteiger partial charge in [-0.05, 0) is 37.8 Å². The van der Waals surface area contributed by atoms with E-state index >= 15 is 0 Å². The van der Waals surface area contributed by atoms with E-state index in [4.69, 9.17) is 5.11 Å². The zero-order chi connectivity index (χ0) is 14.1. The molecule has 106 valence electrons. The summed E-state index contributed by atoms with van der Waals surface area (Å²) >= 11 is 0. The van der Waals surface area contributed by atoms with Crippen molar-refractivity contribution in [2.75, 3.05) is 11.9 Å². The first-order valence-corrected chi connectivity index (χ1v) is 6.93. The molecule has 4 heteroatoms. The van der Waals surface area contributed by atoms with Crippen molar-refractivity contribution >= 4 is 11.7 Å². The van der Waals surface area contributed by atoms with Gasteiger partial charge in [0, 0.05) is 18.3 Å². The fourth-order valence-corrected chi connectivity index (χ4v) is 1.98. The molecule has 4 nitrogen and oxygen atoms in total. The number of urea groups is 1. The Balaban J connectivity index is 2.52. The topological polar surface area (TPSA) is 61.4 Å². The highest BCUT2D eigenvalue weighted by Gasteiger charge is 2.08. The van der Waals surface area contributed by atoms with Gasteiger partial charge in [-0.3, -0.25) is 0 Å². The van der Waals surface area contributed by atoms with Crippen LogP contribution in [0.5, 0.6) is 0 Å². The largest absolute Gasteiger partial charge is 0.396 e. The van der Waals surface area contributed by atoms with E-state index in [0.717, 1.165) is 30.5 Å². The van der Waals surface area contributed by atoms with Gasteiger partial charge in [0.25, 0.3) is 0 Å². The zero-order valence-electron chi connectivity index (χ0n) is 11.8. The fourth-order valence-electron chi connectivity index (χ4n) is 1.98. The number of para-hydroxylation sites is 1. The fraction of sp³-hybridized carbons (Fsp3) is 0.533. The van der Waals surface area contributed by atoms with E-state index in [9.17, 15) is 4.79 Å². The highest BCUT2D eigenvalue weighted by molar-refractivity contribution is 5.90. The van der Waals surface area contributed by atoms with Crippen LogP contribution in [0.3, 0.4) is 0 Å². The third kappa shape index (κ3) is 5.75. The number of nitrogens with one attached hydrogen (secondary N) is 2. The molecule has 1 aromatic carbocycles. The highest BCUT2D eigenvalue weighted by Crippen LogP contribution is 2.16. The van der Waals surface area contributed by atoms with Crippen LogP contribution in [-0.4, -0.2) is 23.8 Å². The number of benzene rings is 1. The van der Waals surface area contributed by atoms with Crippen molar-refractivity contribution in [1.29, 1.82) is 0 Å². The van der Waals surface area contributed by atoms with Gasteiger partial charge in [-0.2, -0.15) is 0 Å². The number of amides is 2. The Kier molecular flexibility index (Phi) is 6.97. The van der Waals surface area contributed by atoms with Gasteiger partial charge in [0.05, 0.1) is 0 Å². The third-order valence-corrected chi connectivity index (χ3v) is 2.96. The van der Waals surface area contributed by atoms with E-state index < -0.39 is 0 Å². The predicted octanol–water partition coefficient (Wildman–Crippen LogP) is 2.92. The minimum Gasteiger partial charge on any atom is -0.396 e. The molecule has 0 aliphatic rings. The summed E-state index contributed by atoms with van der Waals surface area (Å²) in [4.78, 5) is 11.9. The van der Waals surface area contributed by atoms with Crippen LogP contribution in [0.25, 0.3) is 0 Å². The van der Waals surface area contributed by atoms with Crippen molar-refractivity contribution in [2.24, 2.45) is 0 Å². The molecule has 0 fully saturated rings. The molecule has 0 spiro atoms. The first kappa shape index (κ1) is 15.5. The van der Waals surface area contributed by atoms with E-state index in [1.54, 1.807) is 0 Å². The van der Waals surface area contributed by atoms with Crippen LogP contribution >= 0.6 is 0 Å². The van der Waals surface area contributed by atoms with Gasteiger partial charge in [-0.1, -0.05) is 31.5 Å². The van der Waals surface area contributed by atoms with E-state index in [-0.39, 0.29) is 18.7 Å². The van der Waals surface area contributed by atoms with Gasteiger partial charge in [-0.25, -0.2) is 4.79 Å². The van der Waals surface area contributed by atoms with Crippen LogP contribution in [-0.2, 0) is 6.42 Å². The summed E-state index contributed by atoms with van der Waals surface area (Å²) in [5, 5.41) is 14.5. The number of hydrogen-bond donors (Lipinski definition) is 3. The number of rotatable bonds is 7. The van der Waals surface area contributed by atoms with E-state index in [2.05, 4.69) is 17.6 Å². The molecule has 19 heavy (non-hydrogen) atoms. The maximum Gasteiger partial charge on any atom is 0.319 e. The van der Waals surface area contributed by atoms with E-state index in [0.29, 0.717) is 6.42 Å². The lowest BCUT2D eigenvalue weighted by Crippen LogP contribution is -2.36. The predicted molar refractivity (Wildman–Crippen MR) is 78.4 cm³/mol. The number of aliphatic hydroxyl groups excluding tert-OH is 1. The van der Waals surface area contributed by atoms with Crippen LogP contribution in [0, 0.1) is 0 Å². The van der Waals surface area contributed by atoms with Crippen molar-refractivity contribution in [3.63, 3.8) is 0 Å². The first-order chi connectivity index (χ1) is 9.17. The molecule has 0 saturated carbocycles. The quantitative estimate of drug-likeness (QED) is 0.709. The molecule has 0 aliphatic carbocycles. The van der Waals surface area contributed by atoms with Crippen LogP contribution in [0.1, 0.15) is 38.7 Å². The summed E-state index contributed by atoms with van der Waals surface area (Å²) in [6.45, 7) is 4.22. The Bertz CT molecular complexity index is 393. The normalized spacial score (nSPS) is 11.9. The third-order valence-electron chi connectivity index (χ3n) is 2.96. The van der Waals surface area contributed by atoms with Crippen molar-refractivity contribution in [3.05, 3.63) is 29.8 Å². The maximum atomic E-state index is 11.9. The Morgan fingerprint density at radius 1 is 1.37 bits per heavy atom. The number of aryl methyl sites for hydroxylation is 1. The molecular weight excluding hydrogens is 240 g/mol. The molecule has 0 bridgehead atoms. The average Bonchev–Trinajstić information content (AvgIpc) is 2.39. The molecule has 0 aromatic heterocycles. The Hall–Kier alpha value is -1.55. The number of aliphatic hydroxyl groups is 1. The minimum absolute atomic E-state index is 0.0606. The van der Waals surface area contributed by atoms with Crippen LogP contribution in [0.15, 0.2) is 24.3 Å². The van der Waals surface area contributed by atoms with Gasteiger partial charge < -0.3 is 15.7 Å². The molecule has 0 saturated heterocycles. The second-order valence-corrected chi connectivity index (χ2v) is 4.77. The molecule has 1 atom stereocenters. The second kappa shape index (κ2) is 8.53. The SMILES string of the molecule is CCCc1ccccc1NC(=O)NC(C)CCCO. The van der Waals surface area contributed by atoms with Crippen LogP contribution < -0.4 is 10.6 Å². The highest BCUT2D eigenvalue weighted by atomic mass is 16.3. The summed E-state index contributed by atoms with van der Waals surface area (Å²) in [6.07, 6.45) is 3.48. The zero-order valence-corrected chi connectivity index (χ0v) is 11.8. The number of carbonyl (C=O) groups excluding carboxylic acids is 1. The molecule has 0 heterocycles. The maximum absolute atomic E-state index is 11.9. The molecule has 3 N–H and O–H groups in total. The van der Waals surface area contributed by atoms with Gasteiger partial charge in [0.2, 0.25) is 0 Å². The van der Waals surface area contributed by atoms with Gasteiger partial charge in [-0.15, -0.1) is 0 Å². The smallest absolute Gasteiger partial charge is 0.319 e. The number of anilines is 1. The summed E-state index contributed by atoms with van der Waals surface area (Å²) in [6, 6.07) is 7.73. The molecule has 0 radical (unpaired) electrons. The summed E-state index contributed by atoms with van der Waals surface area (Å²) in [5.74, 6) is 0. The monoisotopic (exact) mass is 264 g/mol. The summed E-state index contributed by atoms with van der Waals surface area (Å²) in [7, 11) is 0. The Labute approximate surface area is 115 Å². The Morgan fingerprint density at radius 2 is 2.11 bits per heavy atom. The van der Waals surface area contributed by atoms with Crippen molar-refractivity contribution in [3.8, 4) is 0 Å². The molecule has 1 rings (SSSR count). The molecular formula is C15H24N2O2. The molecule has 1 aromatic rings. The lowest BCUT2D eigenvalue weighted by molar-refractivity contribution is 0.245. The van der Waals surface area contributed by atoms with Crippen molar-refractivity contribution in [1.82, 2.24) is 5.32 Å². The summed E-state index contributed by atoms with van der Waals surface area (Å²) in [5.41, 5.74) is 2.03. The minimum atomic E-state index is -0.186. The van der Waals surface area contributed by atoms with Gasteiger partial charge >= 0.3 is 6.03 Å². The lowest BCUT2D eigenvalue weighted by atomic mass is 10.1. The average molecular weight is 264 g/mol. The molecule has 0 aliphatic heterocycles. The van der Waals surface area contributed by atoms with Gasteiger partial charge in [0.1, 0.15) is 0 Å². The van der Waals surface area contributed by atoms with Crippen LogP contribution in [0.4, 0.5) is 10.5 Å². The standard InChI is InChI=1S/C15H24N2O2/c1-3-7-13-9-4-5-10-14(13)17-15(19)16-12(2)8-6-11-18/h4-5,9-10,12,18H,3,6-8,11H2,1-2H3,(H2,16,17,19). The molecule has 2 amide bonds. The lowest BCUT2D eigenvalue weighted by Gasteiger charge is -2.15. The molecule has 1 unspecified atom stereocenters. The summed E-state index contributed by atoms with van der Waals surface area (Å²) < 4.78 is 0.